The van der Waals surface area contributed by atoms with Gasteiger partial charge < -0.3 is 0 Å². The van der Waals surface area contributed by atoms with Crippen LogP contribution in [0.2, 0.25) is 0 Å². The lowest BCUT2D eigenvalue weighted by atomic mass is 9.82. The molecule has 0 bridgehead atoms. The lowest BCUT2D eigenvalue weighted by Gasteiger charge is -2.30. The predicted molar refractivity (Wildman–Crippen MR) is 86.4 cm³/mol. The van der Waals surface area contributed by atoms with Gasteiger partial charge in [-0.2, -0.15) is 5.10 Å². The van der Waals surface area contributed by atoms with Crippen LogP contribution in [0.5, 0.6) is 0 Å². The molecule has 1 aromatic heterocycles. The highest BCUT2D eigenvalue weighted by Gasteiger charge is 2.25. The zero-order chi connectivity index (χ0) is 14.5. The molecule has 1 atom stereocenters. The average molecular weight is 343 g/mol. The van der Waals surface area contributed by atoms with Crippen LogP contribution in [0.1, 0.15) is 57.3 Å². The van der Waals surface area contributed by atoms with Crippen LogP contribution in [-0.4, -0.2) is 15.8 Å². The number of hydrazine groups is 1. The van der Waals surface area contributed by atoms with E-state index in [2.05, 4.69) is 45.0 Å². The van der Waals surface area contributed by atoms with Gasteiger partial charge in [-0.15, -0.1) is 0 Å². The second kappa shape index (κ2) is 7.57. The van der Waals surface area contributed by atoms with Crippen LogP contribution in [0.15, 0.2) is 4.47 Å². The fourth-order valence-electron chi connectivity index (χ4n) is 3.32. The average Bonchev–Trinajstić information content (AvgIpc) is 2.81. The van der Waals surface area contributed by atoms with Gasteiger partial charge in [0.1, 0.15) is 0 Å². The molecule has 0 spiro atoms. The lowest BCUT2D eigenvalue weighted by Crippen LogP contribution is -2.43. The Morgan fingerprint density at radius 1 is 1.35 bits per heavy atom. The Kier molecular flexibility index (Phi) is 6.05. The molecule has 0 amide bonds. The molecule has 114 valence electrons. The molecule has 1 heterocycles. The summed E-state index contributed by atoms with van der Waals surface area (Å²) in [4.78, 5) is 0. The summed E-state index contributed by atoms with van der Waals surface area (Å²) in [6.45, 7) is 5.21. The molecular formula is C15H27BrN4. The third kappa shape index (κ3) is 3.43. The van der Waals surface area contributed by atoms with Gasteiger partial charge in [-0.25, -0.2) is 0 Å². The lowest BCUT2D eigenvalue weighted by molar-refractivity contribution is 0.265. The monoisotopic (exact) mass is 342 g/mol. The summed E-state index contributed by atoms with van der Waals surface area (Å²) < 4.78 is 3.30. The van der Waals surface area contributed by atoms with E-state index in [1.165, 1.54) is 42.3 Å². The highest BCUT2D eigenvalue weighted by molar-refractivity contribution is 9.10. The molecule has 0 radical (unpaired) electrons. The quantitative estimate of drug-likeness (QED) is 0.616. The van der Waals surface area contributed by atoms with Crippen molar-refractivity contribution in [3.05, 3.63) is 15.9 Å². The van der Waals surface area contributed by atoms with Crippen LogP contribution in [0.3, 0.4) is 0 Å². The summed E-state index contributed by atoms with van der Waals surface area (Å²) in [7, 11) is 0. The Morgan fingerprint density at radius 2 is 2.05 bits per heavy atom. The molecule has 1 aromatic rings. The van der Waals surface area contributed by atoms with Crippen LogP contribution in [0.25, 0.3) is 0 Å². The van der Waals surface area contributed by atoms with Crippen LogP contribution in [0, 0.1) is 5.92 Å². The van der Waals surface area contributed by atoms with Gasteiger partial charge >= 0.3 is 0 Å². The fraction of sp³-hybridized carbons (Fsp3) is 0.800. The molecule has 5 heteroatoms. The zero-order valence-electron chi connectivity index (χ0n) is 12.7. The molecule has 1 saturated carbocycles. The fourth-order valence-corrected chi connectivity index (χ4v) is 4.05. The standard InChI is InChI=1S/C15H27BrN4/c1-3-12-15(16)14(20(4-2)19-12)10-13(18-17)11-8-6-5-7-9-11/h11,13,18H,3-10,17H2,1-2H3. The zero-order valence-corrected chi connectivity index (χ0v) is 14.2. The van der Waals surface area contributed by atoms with Crippen molar-refractivity contribution >= 4 is 15.9 Å². The maximum Gasteiger partial charge on any atom is 0.0766 e. The normalized spacial score (nSPS) is 18.4. The molecule has 1 unspecified atom stereocenters. The summed E-state index contributed by atoms with van der Waals surface area (Å²) in [6.07, 6.45) is 8.59. The molecule has 4 nitrogen and oxygen atoms in total. The van der Waals surface area contributed by atoms with E-state index in [0.717, 1.165) is 25.1 Å². The van der Waals surface area contributed by atoms with E-state index in [9.17, 15) is 0 Å². The molecule has 2 rings (SSSR count). The van der Waals surface area contributed by atoms with E-state index < -0.39 is 0 Å². The van der Waals surface area contributed by atoms with Crippen molar-refractivity contribution in [1.82, 2.24) is 15.2 Å². The number of nitrogens with zero attached hydrogens (tertiary/aromatic N) is 2. The summed E-state index contributed by atoms with van der Waals surface area (Å²) in [5.41, 5.74) is 5.51. The first-order chi connectivity index (χ1) is 9.71. The first-order valence-electron chi connectivity index (χ1n) is 7.91. The van der Waals surface area contributed by atoms with Gasteiger partial charge in [0.2, 0.25) is 0 Å². The van der Waals surface area contributed by atoms with E-state index in [1.54, 1.807) is 0 Å². The smallest absolute Gasteiger partial charge is 0.0766 e. The number of nitrogens with one attached hydrogen (secondary N) is 1. The van der Waals surface area contributed by atoms with Crippen molar-refractivity contribution in [3.8, 4) is 0 Å². The second-order valence-electron chi connectivity index (χ2n) is 5.75. The van der Waals surface area contributed by atoms with Crippen LogP contribution in [0.4, 0.5) is 0 Å². The molecule has 0 saturated heterocycles. The minimum absolute atomic E-state index is 0.360. The maximum absolute atomic E-state index is 5.84. The number of hydrogen-bond donors (Lipinski definition) is 2. The number of hydrogen-bond acceptors (Lipinski definition) is 3. The predicted octanol–water partition coefficient (Wildman–Crippen LogP) is 3.18. The molecular weight excluding hydrogens is 316 g/mol. The highest BCUT2D eigenvalue weighted by Crippen LogP contribution is 2.30. The Morgan fingerprint density at radius 3 is 2.60 bits per heavy atom. The van der Waals surface area contributed by atoms with Crippen LogP contribution >= 0.6 is 15.9 Å². The van der Waals surface area contributed by atoms with Gasteiger partial charge in [0.05, 0.1) is 15.9 Å². The van der Waals surface area contributed by atoms with Gasteiger partial charge in [-0.3, -0.25) is 16.0 Å². The Balaban J connectivity index is 2.15. The first kappa shape index (κ1) is 16.0. The van der Waals surface area contributed by atoms with Gasteiger partial charge in [0, 0.05) is 19.0 Å². The summed E-state index contributed by atoms with van der Waals surface area (Å²) in [6, 6.07) is 0.360. The summed E-state index contributed by atoms with van der Waals surface area (Å²) in [5, 5.41) is 4.68. The SMILES string of the molecule is CCc1nn(CC)c(CC(NN)C2CCCCC2)c1Br. The highest BCUT2D eigenvalue weighted by atomic mass is 79.9. The number of aromatic nitrogens is 2. The van der Waals surface area contributed by atoms with Gasteiger partial charge in [-0.05, 0) is 48.0 Å². The Bertz CT molecular complexity index is 424. The van der Waals surface area contributed by atoms with Crippen LogP contribution in [-0.2, 0) is 19.4 Å². The molecule has 1 aliphatic carbocycles. The Labute approximate surface area is 130 Å². The van der Waals surface area contributed by atoms with Gasteiger partial charge in [0.25, 0.3) is 0 Å². The molecule has 0 aliphatic heterocycles. The van der Waals surface area contributed by atoms with Crippen molar-refractivity contribution in [1.29, 1.82) is 0 Å². The van der Waals surface area contributed by atoms with E-state index in [1.807, 2.05) is 0 Å². The van der Waals surface area contributed by atoms with Gasteiger partial charge in [0.15, 0.2) is 0 Å². The largest absolute Gasteiger partial charge is 0.271 e. The minimum atomic E-state index is 0.360. The molecule has 20 heavy (non-hydrogen) atoms. The second-order valence-corrected chi connectivity index (χ2v) is 6.55. The van der Waals surface area contributed by atoms with E-state index >= 15 is 0 Å². The third-order valence-corrected chi connectivity index (χ3v) is 5.46. The number of halogens is 1. The summed E-state index contributed by atoms with van der Waals surface area (Å²) >= 11 is 3.73. The first-order valence-corrected chi connectivity index (χ1v) is 8.70. The van der Waals surface area contributed by atoms with Crippen molar-refractivity contribution in [2.45, 2.75) is 71.4 Å². The van der Waals surface area contributed by atoms with Crippen molar-refractivity contribution in [2.24, 2.45) is 11.8 Å². The Hall–Kier alpha value is -0.390. The van der Waals surface area contributed by atoms with E-state index in [-0.39, 0.29) is 0 Å². The molecule has 3 N–H and O–H groups in total. The molecule has 1 fully saturated rings. The number of rotatable bonds is 6. The van der Waals surface area contributed by atoms with Crippen molar-refractivity contribution in [2.75, 3.05) is 0 Å². The third-order valence-electron chi connectivity index (χ3n) is 4.54. The minimum Gasteiger partial charge on any atom is -0.271 e. The van der Waals surface area contributed by atoms with Crippen molar-refractivity contribution < 1.29 is 0 Å². The maximum atomic E-state index is 5.84. The van der Waals surface area contributed by atoms with Crippen LogP contribution < -0.4 is 11.3 Å². The summed E-state index contributed by atoms with van der Waals surface area (Å²) in [5.74, 6) is 6.54. The molecule has 0 aromatic carbocycles. The number of nitrogens with two attached hydrogens (primary N) is 1. The molecule has 1 aliphatic rings. The van der Waals surface area contributed by atoms with E-state index in [4.69, 9.17) is 5.84 Å². The van der Waals surface area contributed by atoms with Crippen molar-refractivity contribution in [3.63, 3.8) is 0 Å². The topological polar surface area (TPSA) is 55.9 Å². The van der Waals surface area contributed by atoms with E-state index in [0.29, 0.717) is 12.0 Å². The number of aryl methyl sites for hydroxylation is 2. The van der Waals surface area contributed by atoms with Gasteiger partial charge in [-0.1, -0.05) is 26.2 Å².